The molecule has 2 aliphatic rings. The van der Waals surface area contributed by atoms with Crippen molar-refractivity contribution in [1.82, 2.24) is 0 Å². The summed E-state index contributed by atoms with van der Waals surface area (Å²) in [7, 11) is 0. The van der Waals surface area contributed by atoms with Crippen LogP contribution in [0.25, 0.3) is 54.6 Å². The highest BCUT2D eigenvalue weighted by Crippen LogP contribution is 2.65. The van der Waals surface area contributed by atoms with Gasteiger partial charge in [-0.1, -0.05) is 121 Å². The van der Waals surface area contributed by atoms with Crippen molar-refractivity contribution < 1.29 is 8.78 Å². The normalized spacial score (nSPS) is 14.4. The van der Waals surface area contributed by atoms with Crippen LogP contribution in [0.15, 0.2) is 231 Å². The van der Waals surface area contributed by atoms with E-state index in [0.29, 0.717) is 0 Å². The summed E-state index contributed by atoms with van der Waals surface area (Å²) < 4.78 is 28.6. The van der Waals surface area contributed by atoms with Crippen molar-refractivity contribution in [2.24, 2.45) is 0 Å². The van der Waals surface area contributed by atoms with Crippen LogP contribution in [-0.4, -0.2) is 0 Å². The molecular weight excluding hydrogens is 799 g/mol. The molecule has 306 valence electrons. The fraction of sp³-hybridized carbons (Fsp3) is 0.0164. The van der Waals surface area contributed by atoms with Crippen molar-refractivity contribution in [3.63, 3.8) is 0 Å². The predicted octanol–water partition coefficient (Wildman–Crippen LogP) is 16.7. The lowest BCUT2D eigenvalue weighted by Gasteiger charge is -2.32. The van der Waals surface area contributed by atoms with Gasteiger partial charge in [0, 0.05) is 34.1 Å². The molecule has 1 unspecified atom stereocenters. The maximum Gasteiger partial charge on any atom is 0.123 e. The van der Waals surface area contributed by atoms with E-state index in [0.717, 1.165) is 50.3 Å². The van der Waals surface area contributed by atoms with E-state index in [4.69, 9.17) is 0 Å². The van der Waals surface area contributed by atoms with Gasteiger partial charge in [0.1, 0.15) is 11.6 Å². The molecule has 0 heterocycles. The summed E-state index contributed by atoms with van der Waals surface area (Å²) >= 11 is 0. The third kappa shape index (κ3) is 5.57. The first kappa shape index (κ1) is 37.2. The van der Waals surface area contributed by atoms with Gasteiger partial charge in [-0.2, -0.15) is 0 Å². The lowest BCUT2D eigenvalue weighted by molar-refractivity contribution is 0.627. The molecule has 11 aromatic rings. The van der Waals surface area contributed by atoms with E-state index >= 15 is 0 Å². The van der Waals surface area contributed by atoms with Crippen LogP contribution in [0.3, 0.4) is 0 Å². The molecule has 0 fully saturated rings. The topological polar surface area (TPSA) is 6.48 Å². The lowest BCUT2D eigenvalue weighted by Crippen LogP contribution is -2.26. The lowest BCUT2D eigenvalue weighted by atomic mass is 9.69. The number of halogens is 2. The summed E-state index contributed by atoms with van der Waals surface area (Å²) in [5.41, 5.74) is 15.1. The van der Waals surface area contributed by atoms with Crippen molar-refractivity contribution >= 4 is 66.4 Å². The van der Waals surface area contributed by atoms with Gasteiger partial charge in [0.2, 0.25) is 0 Å². The Morgan fingerprint density at radius 1 is 0.292 bits per heavy atom. The number of nitrogens with zero attached hydrogens (tertiary/aromatic N) is 2. The number of hydrogen-bond acceptors (Lipinski definition) is 2. The Balaban J connectivity index is 1.08. The molecule has 2 nitrogen and oxygen atoms in total. The van der Waals surface area contributed by atoms with Gasteiger partial charge in [-0.05, 0) is 186 Å². The minimum absolute atomic E-state index is 0.268. The van der Waals surface area contributed by atoms with E-state index in [1.165, 1.54) is 84.9 Å². The van der Waals surface area contributed by atoms with Crippen molar-refractivity contribution in [3.05, 3.63) is 264 Å². The second-order valence-corrected chi connectivity index (χ2v) is 17.1. The second-order valence-electron chi connectivity index (χ2n) is 17.1. The Morgan fingerprint density at radius 3 is 1.52 bits per heavy atom. The monoisotopic (exact) mass is 836 g/mol. The molecule has 65 heavy (non-hydrogen) atoms. The van der Waals surface area contributed by atoms with Crippen molar-refractivity contribution in [2.75, 3.05) is 9.80 Å². The average molecular weight is 837 g/mol. The van der Waals surface area contributed by atoms with Crippen LogP contribution in [-0.2, 0) is 5.41 Å². The molecule has 4 heteroatoms. The van der Waals surface area contributed by atoms with Crippen LogP contribution in [0.4, 0.5) is 42.9 Å². The Morgan fingerprint density at radius 2 is 0.831 bits per heavy atom. The molecule has 13 rings (SSSR count). The largest absolute Gasteiger partial charge is 0.310 e. The Bertz CT molecular complexity index is 3680. The maximum atomic E-state index is 14.3. The molecule has 0 amide bonds. The summed E-state index contributed by atoms with van der Waals surface area (Å²) in [5, 5.41) is 7.01. The minimum atomic E-state index is -0.641. The highest BCUT2D eigenvalue weighted by Gasteiger charge is 2.53. The molecule has 1 spiro atoms. The number of benzene rings is 11. The quantitative estimate of drug-likeness (QED) is 0.165. The number of anilines is 6. The standard InChI is InChI=1S/C61H38F2N2/c62-43-22-27-47(28-23-43)64(45-12-3-1-4-13-45)49-26-19-40-37-55-53-32-20-41-35-50(65(46-14-5-2-6-15-46)48-29-24-44(63)25-30-48)31-33-52(41)60(53)61(58(55)38-42(40)36-49)56-18-10-9-17-54(56)59-51-16-8-7-11-39(51)21-34-57(59)61/h1-38H. The van der Waals surface area contributed by atoms with Gasteiger partial charge in [-0.25, -0.2) is 8.78 Å². The predicted molar refractivity (Wildman–Crippen MR) is 265 cm³/mol. The van der Waals surface area contributed by atoms with E-state index in [1.807, 2.05) is 60.7 Å². The number of rotatable bonds is 6. The Labute approximate surface area is 375 Å². The molecule has 1 atom stereocenters. The third-order valence-corrected chi connectivity index (χ3v) is 13.7. The molecular formula is C61H38F2N2. The van der Waals surface area contributed by atoms with Crippen molar-refractivity contribution in [3.8, 4) is 22.3 Å². The molecule has 0 N–H and O–H groups in total. The van der Waals surface area contributed by atoms with Crippen LogP contribution in [0, 0.1) is 11.6 Å². The van der Waals surface area contributed by atoms with Crippen LogP contribution >= 0.6 is 0 Å². The number of para-hydroxylation sites is 2. The van der Waals surface area contributed by atoms with E-state index in [9.17, 15) is 8.78 Å². The highest BCUT2D eigenvalue weighted by atomic mass is 19.1. The fourth-order valence-electron chi connectivity index (χ4n) is 11.0. The summed E-state index contributed by atoms with van der Waals surface area (Å²) in [6, 6.07) is 79.3. The minimum Gasteiger partial charge on any atom is -0.310 e. The van der Waals surface area contributed by atoms with Crippen LogP contribution in [0.2, 0.25) is 0 Å². The molecule has 11 aromatic carbocycles. The van der Waals surface area contributed by atoms with Gasteiger partial charge < -0.3 is 9.80 Å². The highest BCUT2D eigenvalue weighted by molar-refractivity contribution is 6.11. The number of fused-ring (bicyclic) bond motifs is 15. The van der Waals surface area contributed by atoms with E-state index < -0.39 is 5.41 Å². The summed E-state index contributed by atoms with van der Waals surface area (Å²) in [6.45, 7) is 0. The van der Waals surface area contributed by atoms with E-state index in [-0.39, 0.29) is 11.6 Å². The first-order valence-corrected chi connectivity index (χ1v) is 22.0. The first-order chi connectivity index (χ1) is 32.0. The zero-order valence-corrected chi connectivity index (χ0v) is 35.1. The second kappa shape index (κ2) is 14.3. The van der Waals surface area contributed by atoms with E-state index in [1.54, 1.807) is 0 Å². The summed E-state index contributed by atoms with van der Waals surface area (Å²) in [6.07, 6.45) is 0. The van der Waals surface area contributed by atoms with Gasteiger partial charge in [0.05, 0.1) is 5.41 Å². The molecule has 0 saturated heterocycles. The summed E-state index contributed by atoms with van der Waals surface area (Å²) in [4.78, 5) is 4.39. The van der Waals surface area contributed by atoms with Gasteiger partial charge in [0.15, 0.2) is 0 Å². The van der Waals surface area contributed by atoms with Crippen molar-refractivity contribution in [2.45, 2.75) is 5.41 Å². The summed E-state index contributed by atoms with van der Waals surface area (Å²) in [5.74, 6) is -0.536. The van der Waals surface area contributed by atoms with Crippen LogP contribution in [0.1, 0.15) is 22.3 Å². The van der Waals surface area contributed by atoms with Crippen molar-refractivity contribution in [1.29, 1.82) is 0 Å². The molecule has 0 saturated carbocycles. The van der Waals surface area contributed by atoms with E-state index in [2.05, 4.69) is 155 Å². The van der Waals surface area contributed by atoms with Gasteiger partial charge in [-0.15, -0.1) is 0 Å². The van der Waals surface area contributed by atoms with Gasteiger partial charge in [0.25, 0.3) is 0 Å². The number of hydrogen-bond donors (Lipinski definition) is 0. The Hall–Kier alpha value is -8.34. The Kier molecular flexibility index (Phi) is 8.22. The molecule has 0 aliphatic heterocycles. The molecule has 0 aromatic heterocycles. The molecule has 2 aliphatic carbocycles. The molecule has 0 bridgehead atoms. The first-order valence-electron chi connectivity index (χ1n) is 22.0. The average Bonchev–Trinajstić information content (AvgIpc) is 3.82. The zero-order chi connectivity index (χ0) is 43.2. The van der Waals surface area contributed by atoms with Crippen LogP contribution < -0.4 is 9.80 Å². The molecule has 0 radical (unpaired) electrons. The fourth-order valence-corrected chi connectivity index (χ4v) is 11.0. The smallest absolute Gasteiger partial charge is 0.123 e. The SMILES string of the molecule is Fc1ccc(N(c2ccccc2)c2ccc3cc4c(cc3c2)C2(c3ccccc3-c3c2ccc2ccccc32)c2c-4ccc3cc(N(c4ccccc4)c4ccc(F)cc4)ccc23)cc1. The zero-order valence-electron chi connectivity index (χ0n) is 35.1. The van der Waals surface area contributed by atoms with Crippen LogP contribution in [0.5, 0.6) is 0 Å². The van der Waals surface area contributed by atoms with Gasteiger partial charge in [-0.3, -0.25) is 0 Å². The third-order valence-electron chi connectivity index (χ3n) is 13.7. The van der Waals surface area contributed by atoms with Gasteiger partial charge >= 0.3 is 0 Å². The maximum absolute atomic E-state index is 14.3.